The summed E-state index contributed by atoms with van der Waals surface area (Å²) in [4.78, 5) is 4.15. The molecule has 0 bridgehead atoms. The van der Waals surface area contributed by atoms with Gasteiger partial charge in [-0.1, -0.05) is 38.1 Å². The van der Waals surface area contributed by atoms with Crippen LogP contribution in [0.1, 0.15) is 31.1 Å². The molecule has 0 aromatic heterocycles. The molecule has 4 N–H and O–H groups in total. The molecule has 1 aliphatic heterocycles. The fourth-order valence-electron chi connectivity index (χ4n) is 2.01. The van der Waals surface area contributed by atoms with E-state index in [1.165, 1.54) is 10.8 Å². The summed E-state index contributed by atoms with van der Waals surface area (Å²) in [7, 11) is 0. The Morgan fingerprint density at radius 3 is 2.29 bits per heavy atom. The van der Waals surface area contributed by atoms with Crippen molar-refractivity contribution in [3.05, 3.63) is 47.5 Å². The highest BCUT2D eigenvalue weighted by Crippen LogP contribution is 2.28. The van der Waals surface area contributed by atoms with E-state index in [1.807, 2.05) is 26.0 Å². The quantitative estimate of drug-likeness (QED) is 0.726. The smallest absolute Gasteiger partial charge is 0.128 e. The Hall–Kier alpha value is -1.87. The van der Waals surface area contributed by atoms with Crippen LogP contribution in [0.2, 0.25) is 0 Å². The van der Waals surface area contributed by atoms with E-state index in [2.05, 4.69) is 29.3 Å². The first kappa shape index (κ1) is 11.6. The Labute approximate surface area is 101 Å². The molecular formula is C14H17N3. The molecule has 3 rings (SSSR count). The van der Waals surface area contributed by atoms with Crippen LogP contribution in [-0.4, -0.2) is 5.84 Å². The molecule has 1 atom stereocenters. The Kier molecular flexibility index (Phi) is 3.11. The van der Waals surface area contributed by atoms with Crippen molar-refractivity contribution in [3.63, 3.8) is 0 Å². The van der Waals surface area contributed by atoms with Crippen LogP contribution in [0.4, 0.5) is 0 Å². The lowest BCUT2D eigenvalue weighted by Crippen LogP contribution is -2.10. The van der Waals surface area contributed by atoms with E-state index in [1.54, 1.807) is 0 Å². The van der Waals surface area contributed by atoms with Crippen LogP contribution in [0, 0.1) is 0 Å². The summed E-state index contributed by atoms with van der Waals surface area (Å²) >= 11 is 0. The lowest BCUT2D eigenvalue weighted by atomic mass is 10.0. The Morgan fingerprint density at radius 1 is 1.06 bits per heavy atom. The van der Waals surface area contributed by atoms with Crippen LogP contribution in [0.15, 0.2) is 41.4 Å². The second-order valence-electron chi connectivity index (χ2n) is 3.75. The average Bonchev–Trinajstić information content (AvgIpc) is 2.65. The Bertz CT molecular complexity index is 573. The lowest BCUT2D eigenvalue weighted by molar-refractivity contribution is 0.796. The van der Waals surface area contributed by atoms with E-state index in [-0.39, 0.29) is 6.17 Å². The molecule has 0 radical (unpaired) electrons. The minimum Gasteiger partial charge on any atom is -0.383 e. The average molecular weight is 227 g/mol. The molecule has 3 nitrogen and oxygen atoms in total. The minimum atomic E-state index is -0.301. The van der Waals surface area contributed by atoms with Gasteiger partial charge in [-0.15, -0.1) is 0 Å². The molecule has 2 aromatic rings. The van der Waals surface area contributed by atoms with Gasteiger partial charge in [0.15, 0.2) is 0 Å². The van der Waals surface area contributed by atoms with Gasteiger partial charge in [0.1, 0.15) is 12.0 Å². The third-order valence-corrected chi connectivity index (χ3v) is 2.79. The zero-order chi connectivity index (χ0) is 12.4. The summed E-state index contributed by atoms with van der Waals surface area (Å²) in [5, 5.41) is 2.35. The van der Waals surface area contributed by atoms with E-state index in [0.717, 1.165) is 11.1 Å². The van der Waals surface area contributed by atoms with Gasteiger partial charge < -0.3 is 11.5 Å². The van der Waals surface area contributed by atoms with Gasteiger partial charge in [-0.2, -0.15) is 0 Å². The first-order chi connectivity index (χ1) is 8.25. The summed E-state index contributed by atoms with van der Waals surface area (Å²) in [6.45, 7) is 4.00. The van der Waals surface area contributed by atoms with Crippen LogP contribution >= 0.6 is 0 Å². The third kappa shape index (κ3) is 1.89. The molecule has 0 saturated carbocycles. The van der Waals surface area contributed by atoms with Gasteiger partial charge in [-0.05, 0) is 22.9 Å². The Morgan fingerprint density at radius 2 is 1.65 bits per heavy atom. The van der Waals surface area contributed by atoms with Gasteiger partial charge in [0.2, 0.25) is 0 Å². The number of fused-ring (bicyclic) bond motifs is 2. The lowest BCUT2D eigenvalue weighted by Gasteiger charge is -2.05. The van der Waals surface area contributed by atoms with Gasteiger partial charge in [-0.3, -0.25) is 0 Å². The normalized spacial score (nSPS) is 17.1. The van der Waals surface area contributed by atoms with E-state index >= 15 is 0 Å². The predicted molar refractivity (Wildman–Crippen MR) is 72.9 cm³/mol. The molecule has 1 aliphatic rings. The molecule has 0 amide bonds. The monoisotopic (exact) mass is 227 g/mol. The number of nitrogens with two attached hydrogens (primary N) is 2. The van der Waals surface area contributed by atoms with E-state index in [0.29, 0.717) is 5.84 Å². The second kappa shape index (κ2) is 4.55. The maximum Gasteiger partial charge on any atom is 0.128 e. The van der Waals surface area contributed by atoms with E-state index in [4.69, 9.17) is 11.5 Å². The van der Waals surface area contributed by atoms with Crippen molar-refractivity contribution in [2.24, 2.45) is 16.5 Å². The van der Waals surface area contributed by atoms with Crippen molar-refractivity contribution in [1.29, 1.82) is 0 Å². The highest BCUT2D eigenvalue weighted by atomic mass is 15.0. The van der Waals surface area contributed by atoms with Crippen molar-refractivity contribution in [2.45, 2.75) is 20.0 Å². The first-order valence-electron chi connectivity index (χ1n) is 5.87. The Balaban J connectivity index is 0.000000514. The number of benzene rings is 2. The van der Waals surface area contributed by atoms with Gasteiger partial charge in [-0.25, -0.2) is 4.99 Å². The third-order valence-electron chi connectivity index (χ3n) is 2.79. The number of hydrogen-bond donors (Lipinski definition) is 2. The molecule has 3 heteroatoms. The number of amidine groups is 1. The van der Waals surface area contributed by atoms with Gasteiger partial charge in [0.25, 0.3) is 0 Å². The molecule has 0 saturated heterocycles. The van der Waals surface area contributed by atoms with Crippen LogP contribution < -0.4 is 11.5 Å². The second-order valence-corrected chi connectivity index (χ2v) is 3.75. The molecule has 0 spiro atoms. The molecule has 0 fully saturated rings. The molecule has 1 heterocycles. The zero-order valence-electron chi connectivity index (χ0n) is 10.1. The summed E-state index contributed by atoms with van der Waals surface area (Å²) in [6, 6.07) is 12.3. The fourth-order valence-corrected chi connectivity index (χ4v) is 2.01. The zero-order valence-corrected chi connectivity index (χ0v) is 10.1. The maximum absolute atomic E-state index is 5.86. The minimum absolute atomic E-state index is 0.301. The highest BCUT2D eigenvalue weighted by Gasteiger charge is 2.20. The highest BCUT2D eigenvalue weighted by molar-refractivity contribution is 6.04. The first-order valence-corrected chi connectivity index (χ1v) is 5.87. The van der Waals surface area contributed by atoms with Gasteiger partial charge >= 0.3 is 0 Å². The van der Waals surface area contributed by atoms with Gasteiger partial charge in [0.05, 0.1) is 0 Å². The predicted octanol–water partition coefficient (Wildman–Crippen LogP) is 2.54. The largest absolute Gasteiger partial charge is 0.383 e. The van der Waals surface area contributed by atoms with Crippen LogP contribution in [-0.2, 0) is 0 Å². The van der Waals surface area contributed by atoms with E-state index in [9.17, 15) is 0 Å². The van der Waals surface area contributed by atoms with Crippen molar-refractivity contribution >= 4 is 16.6 Å². The molecule has 2 aromatic carbocycles. The SMILES string of the molecule is CC.NC1=NC(N)c2cc3ccccc3cc21. The van der Waals surface area contributed by atoms with E-state index < -0.39 is 0 Å². The molecule has 88 valence electrons. The van der Waals surface area contributed by atoms with Crippen molar-refractivity contribution in [3.8, 4) is 0 Å². The summed E-state index contributed by atoms with van der Waals surface area (Å²) in [6.07, 6.45) is -0.301. The van der Waals surface area contributed by atoms with Crippen LogP contribution in [0.3, 0.4) is 0 Å². The molecular weight excluding hydrogens is 210 g/mol. The number of aliphatic imine (C=N–C) groups is 1. The summed E-state index contributed by atoms with van der Waals surface area (Å²) in [5.41, 5.74) is 13.7. The number of rotatable bonds is 0. The maximum atomic E-state index is 5.86. The number of hydrogen-bond acceptors (Lipinski definition) is 3. The molecule has 0 aliphatic carbocycles. The molecule has 1 unspecified atom stereocenters. The summed E-state index contributed by atoms with van der Waals surface area (Å²) in [5.74, 6) is 0.545. The molecule has 17 heavy (non-hydrogen) atoms. The number of nitrogens with zero attached hydrogens (tertiary/aromatic N) is 1. The van der Waals surface area contributed by atoms with Crippen molar-refractivity contribution in [1.82, 2.24) is 0 Å². The van der Waals surface area contributed by atoms with Gasteiger partial charge in [0, 0.05) is 11.1 Å². The van der Waals surface area contributed by atoms with Crippen molar-refractivity contribution < 1.29 is 0 Å². The van der Waals surface area contributed by atoms with Crippen molar-refractivity contribution in [2.75, 3.05) is 0 Å². The topological polar surface area (TPSA) is 64.4 Å². The van der Waals surface area contributed by atoms with Crippen LogP contribution in [0.25, 0.3) is 10.8 Å². The standard InChI is InChI=1S/C12H11N3.C2H6/c13-11-9-5-7-3-1-2-4-8(7)6-10(9)12(14)15-11;1-2/h1-6,11H,13H2,(H2,14,15);1-2H3. The van der Waals surface area contributed by atoms with Crippen LogP contribution in [0.5, 0.6) is 0 Å². The summed E-state index contributed by atoms with van der Waals surface area (Å²) < 4.78 is 0. The fraction of sp³-hybridized carbons (Fsp3) is 0.214.